The van der Waals surface area contributed by atoms with E-state index in [-0.39, 0.29) is 11.9 Å². The molecule has 0 spiro atoms. The Balaban J connectivity index is 2.22. The van der Waals surface area contributed by atoms with Gasteiger partial charge < -0.3 is 5.32 Å². The Morgan fingerprint density at radius 2 is 2.17 bits per heavy atom. The molecule has 2 rings (SSSR count). The molecule has 0 radical (unpaired) electrons. The summed E-state index contributed by atoms with van der Waals surface area (Å²) in [6.07, 6.45) is 3.65. The molecule has 1 fully saturated rings. The van der Waals surface area contributed by atoms with Crippen LogP contribution in [0, 0.1) is 17.7 Å². The Kier molecular flexibility index (Phi) is 4.63. The summed E-state index contributed by atoms with van der Waals surface area (Å²) < 4.78 is 13.4. The summed E-state index contributed by atoms with van der Waals surface area (Å²) in [6.45, 7) is 5.32. The summed E-state index contributed by atoms with van der Waals surface area (Å²) in [5, 5.41) is 4.19. The topological polar surface area (TPSA) is 12.0 Å². The van der Waals surface area contributed by atoms with Crippen LogP contribution in [0.5, 0.6) is 0 Å². The fourth-order valence-electron chi connectivity index (χ4n) is 2.53. The molecule has 1 aromatic carbocycles. The molecule has 0 saturated heterocycles. The third-order valence-electron chi connectivity index (χ3n) is 3.80. The molecule has 1 aliphatic carbocycles. The lowest BCUT2D eigenvalue weighted by Crippen LogP contribution is -2.29. The lowest BCUT2D eigenvalue weighted by molar-refractivity contribution is 0.349. The Morgan fingerprint density at radius 1 is 1.44 bits per heavy atom. The van der Waals surface area contributed by atoms with Crippen LogP contribution in [0.1, 0.15) is 44.7 Å². The standard InChI is InChI=1S/C15H21ClFN/c1-3-8-18-15(10(2)11-4-5-11)13-9-12(17)6-7-14(13)16/h6-7,9-11,15,18H,3-5,8H2,1-2H3. The van der Waals surface area contributed by atoms with Gasteiger partial charge >= 0.3 is 0 Å². The van der Waals surface area contributed by atoms with Gasteiger partial charge in [-0.15, -0.1) is 0 Å². The van der Waals surface area contributed by atoms with Gasteiger partial charge in [0.25, 0.3) is 0 Å². The molecular weight excluding hydrogens is 249 g/mol. The molecular formula is C15H21ClFN. The van der Waals surface area contributed by atoms with E-state index in [4.69, 9.17) is 11.6 Å². The van der Waals surface area contributed by atoms with E-state index in [1.807, 2.05) is 0 Å². The number of rotatable bonds is 6. The highest BCUT2D eigenvalue weighted by Crippen LogP contribution is 2.43. The van der Waals surface area contributed by atoms with Gasteiger partial charge in [-0.2, -0.15) is 0 Å². The van der Waals surface area contributed by atoms with E-state index in [0.29, 0.717) is 10.9 Å². The van der Waals surface area contributed by atoms with Gasteiger partial charge in [-0.05, 0) is 61.4 Å². The highest BCUT2D eigenvalue weighted by atomic mass is 35.5. The maximum absolute atomic E-state index is 13.4. The van der Waals surface area contributed by atoms with Crippen molar-refractivity contribution in [3.63, 3.8) is 0 Å². The molecule has 100 valence electrons. The highest BCUT2D eigenvalue weighted by molar-refractivity contribution is 6.31. The van der Waals surface area contributed by atoms with Crippen molar-refractivity contribution in [1.82, 2.24) is 5.32 Å². The molecule has 0 aliphatic heterocycles. The summed E-state index contributed by atoms with van der Waals surface area (Å²) in [4.78, 5) is 0. The monoisotopic (exact) mass is 269 g/mol. The fourth-order valence-corrected chi connectivity index (χ4v) is 2.76. The smallest absolute Gasteiger partial charge is 0.123 e. The fraction of sp³-hybridized carbons (Fsp3) is 0.600. The van der Waals surface area contributed by atoms with Gasteiger partial charge in [-0.25, -0.2) is 4.39 Å². The average molecular weight is 270 g/mol. The van der Waals surface area contributed by atoms with Crippen LogP contribution in [0.15, 0.2) is 18.2 Å². The van der Waals surface area contributed by atoms with Crippen LogP contribution in [0.2, 0.25) is 5.02 Å². The predicted molar refractivity (Wildman–Crippen MR) is 74.3 cm³/mol. The van der Waals surface area contributed by atoms with Crippen LogP contribution >= 0.6 is 11.6 Å². The molecule has 18 heavy (non-hydrogen) atoms. The zero-order valence-electron chi connectivity index (χ0n) is 11.0. The molecule has 1 aliphatic rings. The largest absolute Gasteiger partial charge is 0.310 e. The average Bonchev–Trinajstić information content (AvgIpc) is 3.17. The van der Waals surface area contributed by atoms with Gasteiger partial charge in [0.2, 0.25) is 0 Å². The number of halogens is 2. The van der Waals surface area contributed by atoms with E-state index in [1.165, 1.54) is 18.9 Å². The lowest BCUT2D eigenvalue weighted by atomic mass is 9.90. The first-order chi connectivity index (χ1) is 8.63. The van der Waals surface area contributed by atoms with Crippen molar-refractivity contribution >= 4 is 11.6 Å². The minimum Gasteiger partial charge on any atom is -0.310 e. The Bertz CT molecular complexity index is 403. The van der Waals surface area contributed by atoms with E-state index in [2.05, 4.69) is 19.2 Å². The van der Waals surface area contributed by atoms with Gasteiger partial charge in [0.05, 0.1) is 0 Å². The van der Waals surface area contributed by atoms with Crippen molar-refractivity contribution in [2.24, 2.45) is 11.8 Å². The van der Waals surface area contributed by atoms with Gasteiger partial charge in [-0.3, -0.25) is 0 Å². The maximum atomic E-state index is 13.4. The van der Waals surface area contributed by atoms with Crippen molar-refractivity contribution in [1.29, 1.82) is 0 Å². The first kappa shape index (κ1) is 13.8. The van der Waals surface area contributed by atoms with Crippen LogP contribution in [-0.4, -0.2) is 6.54 Å². The van der Waals surface area contributed by atoms with Gasteiger partial charge in [0.1, 0.15) is 5.82 Å². The minimum atomic E-state index is -0.208. The van der Waals surface area contributed by atoms with Crippen LogP contribution in [0.3, 0.4) is 0 Å². The van der Waals surface area contributed by atoms with Crippen LogP contribution in [0.25, 0.3) is 0 Å². The number of nitrogens with one attached hydrogen (secondary N) is 1. The summed E-state index contributed by atoms with van der Waals surface area (Å²) in [5.41, 5.74) is 0.907. The first-order valence-electron chi connectivity index (χ1n) is 6.81. The summed E-state index contributed by atoms with van der Waals surface area (Å²) in [6, 6.07) is 4.83. The number of hydrogen-bond acceptors (Lipinski definition) is 1. The van der Waals surface area contributed by atoms with Gasteiger partial charge in [0, 0.05) is 11.1 Å². The molecule has 2 unspecified atom stereocenters. The molecule has 0 heterocycles. The third-order valence-corrected chi connectivity index (χ3v) is 4.14. The van der Waals surface area contributed by atoms with Crippen molar-refractivity contribution in [2.45, 2.75) is 39.2 Å². The number of hydrogen-bond donors (Lipinski definition) is 1. The molecule has 1 nitrogen and oxygen atoms in total. The van der Waals surface area contributed by atoms with Crippen LogP contribution in [0.4, 0.5) is 4.39 Å². The first-order valence-corrected chi connectivity index (χ1v) is 7.19. The molecule has 3 heteroatoms. The van der Waals surface area contributed by atoms with E-state index in [9.17, 15) is 4.39 Å². The minimum absolute atomic E-state index is 0.167. The molecule has 1 N–H and O–H groups in total. The second-order valence-electron chi connectivity index (χ2n) is 5.29. The molecule has 2 atom stereocenters. The van der Waals surface area contributed by atoms with Crippen molar-refractivity contribution in [3.8, 4) is 0 Å². The second-order valence-corrected chi connectivity index (χ2v) is 5.70. The normalized spacial score (nSPS) is 18.7. The summed E-state index contributed by atoms with van der Waals surface area (Å²) in [5.74, 6) is 1.07. The highest BCUT2D eigenvalue weighted by Gasteiger charge is 2.34. The van der Waals surface area contributed by atoms with E-state index < -0.39 is 0 Å². The number of benzene rings is 1. The Hall–Kier alpha value is -0.600. The van der Waals surface area contributed by atoms with Crippen molar-refractivity contribution in [3.05, 3.63) is 34.6 Å². The molecule has 1 saturated carbocycles. The van der Waals surface area contributed by atoms with E-state index in [0.717, 1.165) is 24.4 Å². The van der Waals surface area contributed by atoms with Crippen LogP contribution in [-0.2, 0) is 0 Å². The Morgan fingerprint density at radius 3 is 2.78 bits per heavy atom. The second kappa shape index (κ2) is 6.03. The van der Waals surface area contributed by atoms with Crippen LogP contribution < -0.4 is 5.32 Å². The summed E-state index contributed by atoms with van der Waals surface area (Å²) in [7, 11) is 0. The van der Waals surface area contributed by atoms with Gasteiger partial charge in [0.15, 0.2) is 0 Å². The summed E-state index contributed by atoms with van der Waals surface area (Å²) >= 11 is 6.23. The van der Waals surface area contributed by atoms with E-state index in [1.54, 1.807) is 12.1 Å². The predicted octanol–water partition coefficient (Wildman–Crippen LogP) is 4.57. The molecule has 1 aromatic rings. The zero-order valence-corrected chi connectivity index (χ0v) is 11.8. The van der Waals surface area contributed by atoms with E-state index >= 15 is 0 Å². The maximum Gasteiger partial charge on any atom is 0.123 e. The Labute approximate surface area is 114 Å². The van der Waals surface area contributed by atoms with Gasteiger partial charge in [-0.1, -0.05) is 25.4 Å². The van der Waals surface area contributed by atoms with Crippen molar-refractivity contribution < 1.29 is 4.39 Å². The zero-order chi connectivity index (χ0) is 13.1. The molecule has 0 bridgehead atoms. The van der Waals surface area contributed by atoms with Crippen molar-refractivity contribution in [2.75, 3.05) is 6.54 Å². The molecule has 0 amide bonds. The quantitative estimate of drug-likeness (QED) is 0.798. The lowest BCUT2D eigenvalue weighted by Gasteiger charge is -2.26. The molecule has 0 aromatic heterocycles. The SMILES string of the molecule is CCCNC(c1cc(F)ccc1Cl)C(C)C1CC1. The third kappa shape index (κ3) is 3.24.